The van der Waals surface area contributed by atoms with E-state index in [1.165, 1.54) is 11.8 Å². The first kappa shape index (κ1) is 16.3. The minimum atomic E-state index is -0.839. The van der Waals surface area contributed by atoms with Crippen molar-refractivity contribution < 1.29 is 4.79 Å². The molecule has 0 saturated heterocycles. The van der Waals surface area contributed by atoms with Gasteiger partial charge >= 0.3 is 0 Å². The highest BCUT2D eigenvalue weighted by Crippen LogP contribution is 2.26. The van der Waals surface area contributed by atoms with E-state index in [1.54, 1.807) is 13.1 Å². The van der Waals surface area contributed by atoms with Crippen LogP contribution in [0.4, 0.5) is 0 Å². The maximum Gasteiger partial charge on any atom is 0.231 e. The Hall–Kier alpha value is -2.06. The van der Waals surface area contributed by atoms with Crippen molar-refractivity contribution in [3.8, 4) is 6.07 Å². The van der Waals surface area contributed by atoms with Crippen molar-refractivity contribution in [2.24, 2.45) is 5.92 Å². The molecule has 0 radical (unpaired) electrons. The molecule has 0 fully saturated rings. The molecule has 1 atom stereocenters. The summed E-state index contributed by atoms with van der Waals surface area (Å²) in [5.74, 6) is 0.168. The number of benzene rings is 1. The smallest absolute Gasteiger partial charge is 0.231 e. The van der Waals surface area contributed by atoms with E-state index in [0.29, 0.717) is 0 Å². The number of pyridine rings is 1. The van der Waals surface area contributed by atoms with E-state index in [9.17, 15) is 10.1 Å². The molecule has 0 bridgehead atoms. The number of nitriles is 1. The van der Waals surface area contributed by atoms with Crippen LogP contribution in [0.2, 0.25) is 0 Å². The number of hydrogen-bond acceptors (Lipinski definition) is 4. The Morgan fingerprint density at radius 2 is 2.14 bits per heavy atom. The zero-order chi connectivity index (χ0) is 16.2. The first-order chi connectivity index (χ1) is 10.5. The third-order valence-corrected chi connectivity index (χ3v) is 4.79. The number of carbonyl (C=O) groups excluding carboxylic acids is 1. The van der Waals surface area contributed by atoms with Crippen LogP contribution in [0, 0.1) is 17.2 Å². The predicted octanol–water partition coefficient (Wildman–Crippen LogP) is 3.38. The number of para-hydroxylation sites is 1. The predicted molar refractivity (Wildman–Crippen MR) is 89.5 cm³/mol. The molecular weight excluding hydrogens is 294 g/mol. The molecule has 1 N–H and O–H groups in total. The highest BCUT2D eigenvalue weighted by Gasteiger charge is 2.29. The molecule has 22 heavy (non-hydrogen) atoms. The van der Waals surface area contributed by atoms with Gasteiger partial charge in [0.25, 0.3) is 0 Å². The normalized spacial score (nSPS) is 13.6. The second-order valence-electron chi connectivity index (χ2n) is 5.64. The maximum atomic E-state index is 12.1. The van der Waals surface area contributed by atoms with E-state index < -0.39 is 5.54 Å². The van der Waals surface area contributed by atoms with Gasteiger partial charge in [0, 0.05) is 16.5 Å². The van der Waals surface area contributed by atoms with Crippen LogP contribution in [0.3, 0.4) is 0 Å². The summed E-state index contributed by atoms with van der Waals surface area (Å²) in [5.41, 5.74) is 0.0592. The molecule has 0 saturated carbocycles. The molecule has 1 unspecified atom stereocenters. The number of nitrogens with one attached hydrogen (secondary N) is 1. The molecule has 0 aliphatic heterocycles. The minimum Gasteiger partial charge on any atom is -0.337 e. The molecular formula is C17H19N3OS. The average Bonchev–Trinajstić information content (AvgIpc) is 2.52. The van der Waals surface area contributed by atoms with Gasteiger partial charge in [-0.25, -0.2) is 0 Å². The van der Waals surface area contributed by atoms with E-state index in [4.69, 9.17) is 0 Å². The topological polar surface area (TPSA) is 65.8 Å². The fraction of sp³-hybridized carbons (Fsp3) is 0.353. The summed E-state index contributed by atoms with van der Waals surface area (Å²) in [6.45, 7) is 5.59. The van der Waals surface area contributed by atoms with E-state index in [2.05, 4.69) is 16.4 Å². The quantitative estimate of drug-likeness (QED) is 0.859. The molecule has 4 nitrogen and oxygen atoms in total. The fourth-order valence-electron chi connectivity index (χ4n) is 1.96. The van der Waals surface area contributed by atoms with Gasteiger partial charge < -0.3 is 5.32 Å². The van der Waals surface area contributed by atoms with Crippen molar-refractivity contribution in [1.82, 2.24) is 10.3 Å². The average molecular weight is 313 g/mol. The first-order valence-corrected chi connectivity index (χ1v) is 8.13. The monoisotopic (exact) mass is 313 g/mol. The first-order valence-electron chi connectivity index (χ1n) is 7.15. The van der Waals surface area contributed by atoms with Gasteiger partial charge in [-0.05, 0) is 25.0 Å². The van der Waals surface area contributed by atoms with Crippen molar-refractivity contribution in [3.63, 3.8) is 0 Å². The number of carbonyl (C=O) groups is 1. The molecule has 0 aliphatic carbocycles. The molecule has 2 aromatic rings. The van der Waals surface area contributed by atoms with Gasteiger partial charge in [0.15, 0.2) is 0 Å². The Bertz CT molecular complexity index is 718. The van der Waals surface area contributed by atoms with Gasteiger partial charge in [-0.15, -0.1) is 11.8 Å². The van der Waals surface area contributed by atoms with Crippen LogP contribution in [0.15, 0.2) is 41.4 Å². The number of hydrogen-bond donors (Lipinski definition) is 1. The third kappa shape index (κ3) is 3.58. The molecule has 114 valence electrons. The Balaban J connectivity index is 2.06. The van der Waals surface area contributed by atoms with Crippen LogP contribution >= 0.6 is 11.8 Å². The van der Waals surface area contributed by atoms with Gasteiger partial charge in [0.1, 0.15) is 5.54 Å². The third-order valence-electron chi connectivity index (χ3n) is 3.74. The second kappa shape index (κ2) is 6.80. The summed E-state index contributed by atoms with van der Waals surface area (Å²) in [6.07, 6.45) is 1.75. The van der Waals surface area contributed by atoms with Crippen LogP contribution in [0.25, 0.3) is 10.9 Å². The number of amides is 1. The van der Waals surface area contributed by atoms with E-state index in [0.717, 1.165) is 15.8 Å². The molecule has 5 heteroatoms. The standard InChI is InChI=1S/C17H19N3OS/c1-12(2)17(3,11-18)20-15(21)10-22-14-8-4-6-13-7-5-9-19-16(13)14/h4-9,12H,10H2,1-3H3,(H,20,21). The molecule has 0 spiro atoms. The molecule has 1 heterocycles. The van der Waals surface area contributed by atoms with Gasteiger partial charge in [0.05, 0.1) is 17.3 Å². The zero-order valence-electron chi connectivity index (χ0n) is 13.0. The summed E-state index contributed by atoms with van der Waals surface area (Å²) in [7, 11) is 0. The summed E-state index contributed by atoms with van der Waals surface area (Å²) in [4.78, 5) is 17.5. The Kier molecular flexibility index (Phi) is 5.04. The highest BCUT2D eigenvalue weighted by molar-refractivity contribution is 8.00. The maximum absolute atomic E-state index is 12.1. The molecule has 1 amide bonds. The highest BCUT2D eigenvalue weighted by atomic mass is 32.2. The Morgan fingerprint density at radius 3 is 2.82 bits per heavy atom. The van der Waals surface area contributed by atoms with Crippen LogP contribution in [0.5, 0.6) is 0 Å². The van der Waals surface area contributed by atoms with E-state index in [-0.39, 0.29) is 17.6 Å². The summed E-state index contributed by atoms with van der Waals surface area (Å²) >= 11 is 1.44. The number of aromatic nitrogens is 1. The number of fused-ring (bicyclic) bond motifs is 1. The number of thioether (sulfide) groups is 1. The Morgan fingerprint density at radius 1 is 1.41 bits per heavy atom. The second-order valence-corrected chi connectivity index (χ2v) is 6.65. The minimum absolute atomic E-state index is 0.0469. The fourth-order valence-corrected chi connectivity index (χ4v) is 2.80. The Labute approximate surface area is 134 Å². The molecule has 1 aromatic carbocycles. The lowest BCUT2D eigenvalue weighted by molar-refractivity contribution is -0.120. The van der Waals surface area contributed by atoms with Crippen LogP contribution in [-0.2, 0) is 4.79 Å². The van der Waals surface area contributed by atoms with Crippen molar-refractivity contribution in [2.75, 3.05) is 5.75 Å². The summed E-state index contributed by atoms with van der Waals surface area (Å²) in [5, 5.41) is 13.1. The lowest BCUT2D eigenvalue weighted by Gasteiger charge is -2.27. The molecule has 1 aromatic heterocycles. The van der Waals surface area contributed by atoms with Crippen LogP contribution in [0.1, 0.15) is 20.8 Å². The van der Waals surface area contributed by atoms with Crippen molar-refractivity contribution in [3.05, 3.63) is 36.5 Å². The molecule has 2 rings (SSSR count). The van der Waals surface area contributed by atoms with Gasteiger partial charge in [-0.1, -0.05) is 32.0 Å². The largest absolute Gasteiger partial charge is 0.337 e. The van der Waals surface area contributed by atoms with Gasteiger partial charge in [-0.2, -0.15) is 5.26 Å². The van der Waals surface area contributed by atoms with Crippen molar-refractivity contribution in [2.45, 2.75) is 31.2 Å². The lowest BCUT2D eigenvalue weighted by Crippen LogP contribution is -2.49. The van der Waals surface area contributed by atoms with Gasteiger partial charge in [-0.3, -0.25) is 9.78 Å². The lowest BCUT2D eigenvalue weighted by atomic mass is 9.90. The zero-order valence-corrected chi connectivity index (χ0v) is 13.8. The number of rotatable bonds is 5. The van der Waals surface area contributed by atoms with Gasteiger partial charge in [0.2, 0.25) is 5.91 Å². The van der Waals surface area contributed by atoms with E-state index in [1.807, 2.05) is 44.2 Å². The molecule has 0 aliphatic rings. The van der Waals surface area contributed by atoms with Crippen molar-refractivity contribution >= 4 is 28.6 Å². The van der Waals surface area contributed by atoms with Crippen LogP contribution in [-0.4, -0.2) is 22.2 Å². The summed E-state index contributed by atoms with van der Waals surface area (Å²) in [6, 6.07) is 12.0. The summed E-state index contributed by atoms with van der Waals surface area (Å²) < 4.78 is 0. The SMILES string of the molecule is CC(C)C(C)(C#N)NC(=O)CSc1cccc2cccnc12. The van der Waals surface area contributed by atoms with E-state index >= 15 is 0 Å². The van der Waals surface area contributed by atoms with Crippen molar-refractivity contribution in [1.29, 1.82) is 5.26 Å². The van der Waals surface area contributed by atoms with Crippen LogP contribution < -0.4 is 5.32 Å². The number of nitrogens with zero attached hydrogens (tertiary/aromatic N) is 2.